The molecule has 0 saturated heterocycles. The van der Waals surface area contributed by atoms with Crippen LogP contribution in [0.2, 0.25) is 5.02 Å². The van der Waals surface area contributed by atoms with Crippen LogP contribution in [0, 0.1) is 11.3 Å². The first-order valence-electron chi connectivity index (χ1n) is 11.3. The van der Waals surface area contributed by atoms with Crippen molar-refractivity contribution in [1.82, 2.24) is 10.2 Å². The van der Waals surface area contributed by atoms with Gasteiger partial charge >= 0.3 is 0 Å². The summed E-state index contributed by atoms with van der Waals surface area (Å²) < 4.78 is 0.924. The quantitative estimate of drug-likeness (QED) is 0.309. The minimum absolute atomic E-state index is 0.169. The molecule has 9 heteroatoms. The second kappa shape index (κ2) is 12.8. The van der Waals surface area contributed by atoms with Crippen LogP contribution in [-0.4, -0.2) is 23.0 Å². The maximum Gasteiger partial charge on any atom is 0.272 e. The van der Waals surface area contributed by atoms with Crippen molar-refractivity contribution in [3.8, 4) is 6.07 Å². The second-order valence-electron chi connectivity index (χ2n) is 6.67. The number of aliphatic imine (C=N–C) groups is 1. The molecule has 182 valence electrons. The highest BCUT2D eigenvalue weighted by molar-refractivity contribution is 7.21. The van der Waals surface area contributed by atoms with Gasteiger partial charge < -0.3 is 11.5 Å². The Hall–Kier alpha value is -3.51. The van der Waals surface area contributed by atoms with Gasteiger partial charge in [-0.25, -0.2) is 5.10 Å². The van der Waals surface area contributed by atoms with Crippen LogP contribution in [0.5, 0.6) is 0 Å². The summed E-state index contributed by atoms with van der Waals surface area (Å²) in [7, 11) is 1.65. The van der Waals surface area contributed by atoms with E-state index in [1.54, 1.807) is 31.3 Å². The van der Waals surface area contributed by atoms with E-state index in [4.69, 9.17) is 23.1 Å². The van der Waals surface area contributed by atoms with E-state index in [1.165, 1.54) is 17.5 Å². The molecule has 0 aliphatic carbocycles. The number of nitrogens with two attached hydrogens (primary N) is 2. The van der Waals surface area contributed by atoms with E-state index >= 15 is 0 Å². The molecule has 2 aromatic heterocycles. The smallest absolute Gasteiger partial charge is 0.272 e. The molecule has 0 spiro atoms. The van der Waals surface area contributed by atoms with Gasteiger partial charge in [-0.2, -0.15) is 10.4 Å². The summed E-state index contributed by atoms with van der Waals surface area (Å²) in [4.78, 5) is 17.3. The van der Waals surface area contributed by atoms with Crippen molar-refractivity contribution in [2.45, 2.75) is 34.2 Å². The van der Waals surface area contributed by atoms with E-state index in [1.807, 2.05) is 39.8 Å². The Morgan fingerprint density at radius 1 is 1.17 bits per heavy atom. The van der Waals surface area contributed by atoms with Gasteiger partial charge in [0.25, 0.3) is 5.56 Å². The molecule has 0 fully saturated rings. The molecule has 0 aliphatic heterocycles. The molecule has 0 bridgehead atoms. The highest BCUT2D eigenvalue weighted by Gasteiger charge is 2.21. The van der Waals surface area contributed by atoms with Crippen molar-refractivity contribution in [3.05, 3.63) is 79.7 Å². The highest BCUT2D eigenvalue weighted by atomic mass is 35.5. The monoisotopic (exact) mass is 508 g/mol. The number of thiophene rings is 1. The average Bonchev–Trinajstić information content (AvgIpc) is 3.26. The predicted molar refractivity (Wildman–Crippen MR) is 149 cm³/mol. The Morgan fingerprint density at radius 3 is 2.49 bits per heavy atom. The fourth-order valence-corrected chi connectivity index (χ4v) is 4.90. The number of aromatic nitrogens is 2. The average molecular weight is 509 g/mol. The Labute approximate surface area is 213 Å². The number of hydrogen-bond donors (Lipinski definition) is 3. The number of nitriles is 1. The molecule has 4 rings (SSSR count). The number of hydrogen-bond acceptors (Lipinski definition) is 7. The molecule has 0 amide bonds. The molecule has 7 nitrogen and oxygen atoms in total. The molecule has 2 heterocycles. The van der Waals surface area contributed by atoms with Gasteiger partial charge in [-0.3, -0.25) is 9.79 Å². The van der Waals surface area contributed by atoms with E-state index < -0.39 is 0 Å². The minimum Gasteiger partial charge on any atom is -0.404 e. The molecule has 4 aromatic rings. The summed E-state index contributed by atoms with van der Waals surface area (Å²) in [5.74, 6) is 0. The lowest BCUT2D eigenvalue weighted by atomic mass is 9.96. The third-order valence-electron chi connectivity index (χ3n) is 4.99. The molecule has 0 saturated carbocycles. The van der Waals surface area contributed by atoms with Crippen LogP contribution in [-0.2, 0) is 6.54 Å². The molecule has 5 N–H and O–H groups in total. The van der Waals surface area contributed by atoms with Crippen molar-refractivity contribution >= 4 is 55.1 Å². The first kappa shape index (κ1) is 27.7. The number of aromatic amines is 1. The van der Waals surface area contributed by atoms with Gasteiger partial charge in [0.1, 0.15) is 6.07 Å². The van der Waals surface area contributed by atoms with Crippen LogP contribution < -0.4 is 17.0 Å². The molecule has 2 aromatic carbocycles. The van der Waals surface area contributed by atoms with Crippen molar-refractivity contribution < 1.29 is 0 Å². The van der Waals surface area contributed by atoms with E-state index in [-0.39, 0.29) is 12.1 Å². The molecular formula is C26H29ClN6OS. The Morgan fingerprint density at radius 2 is 1.89 bits per heavy atom. The van der Waals surface area contributed by atoms with Gasteiger partial charge in [0.2, 0.25) is 0 Å². The molecule has 0 unspecified atom stereocenters. The second-order valence-corrected chi connectivity index (χ2v) is 8.16. The molecule has 35 heavy (non-hydrogen) atoms. The molecule has 0 aliphatic rings. The van der Waals surface area contributed by atoms with Gasteiger partial charge in [0, 0.05) is 45.9 Å². The van der Waals surface area contributed by atoms with Crippen molar-refractivity contribution in [2.24, 2.45) is 16.5 Å². The Bertz CT molecular complexity index is 1490. The fraction of sp³-hybridized carbons (Fsp3) is 0.231. The van der Waals surface area contributed by atoms with Crippen molar-refractivity contribution in [1.29, 1.82) is 5.26 Å². The summed E-state index contributed by atoms with van der Waals surface area (Å²) >= 11 is 7.59. The first-order chi connectivity index (χ1) is 17.0. The number of halogens is 1. The van der Waals surface area contributed by atoms with Crippen LogP contribution in [0.25, 0.3) is 26.4 Å². The number of nitrogens with zero attached hydrogens (tertiary/aromatic N) is 3. The van der Waals surface area contributed by atoms with Gasteiger partial charge in [-0.05, 0) is 35.9 Å². The largest absolute Gasteiger partial charge is 0.404 e. The summed E-state index contributed by atoms with van der Waals surface area (Å²) in [6, 6.07) is 13.0. The number of rotatable bonds is 4. The maximum absolute atomic E-state index is 12.2. The zero-order valence-corrected chi connectivity index (χ0v) is 22.0. The lowest BCUT2D eigenvalue weighted by Gasteiger charge is -2.12. The van der Waals surface area contributed by atoms with E-state index in [0.29, 0.717) is 43.2 Å². The van der Waals surface area contributed by atoms with Crippen LogP contribution in [0.1, 0.15) is 49.4 Å². The van der Waals surface area contributed by atoms with Crippen LogP contribution >= 0.6 is 22.9 Å². The summed E-state index contributed by atoms with van der Waals surface area (Å²) in [6.45, 7) is 8.17. The van der Waals surface area contributed by atoms with Gasteiger partial charge in [0.05, 0.1) is 27.2 Å². The van der Waals surface area contributed by atoms with Crippen LogP contribution in [0.3, 0.4) is 0 Å². The number of fused-ring (bicyclic) bond motifs is 2. The zero-order chi connectivity index (χ0) is 26.1. The number of H-pyrrole nitrogens is 1. The Kier molecular flexibility index (Phi) is 10.2. The standard InChI is InChI=1S/C22H17ClN6OS.2C2H6/c1-27-20(21-17(9-25)15-7-12(23)3-5-19(15)31-21)16(8-24)11-2-4-13-14(6-11)18(10-26)28-29-22(13)30;2*1-2/h2-8H,10,24,26H2,1H3,(H,29,30);2*1-2H3/b16-8-,27-20?;;. The van der Waals surface area contributed by atoms with Gasteiger partial charge in [-0.15, -0.1) is 11.3 Å². The third-order valence-corrected chi connectivity index (χ3v) is 6.41. The Balaban J connectivity index is 0.00000103. The summed E-state index contributed by atoms with van der Waals surface area (Å²) in [6.07, 6.45) is 1.45. The number of allylic oxidation sites excluding steroid dienone is 1. The highest BCUT2D eigenvalue weighted by Crippen LogP contribution is 2.36. The van der Waals surface area contributed by atoms with Crippen molar-refractivity contribution in [3.63, 3.8) is 0 Å². The lowest BCUT2D eigenvalue weighted by Crippen LogP contribution is -2.14. The van der Waals surface area contributed by atoms with Gasteiger partial charge in [-0.1, -0.05) is 45.4 Å². The van der Waals surface area contributed by atoms with Crippen LogP contribution in [0.4, 0.5) is 0 Å². The topological polar surface area (TPSA) is 134 Å². The van der Waals surface area contributed by atoms with Crippen molar-refractivity contribution in [2.75, 3.05) is 7.05 Å². The zero-order valence-electron chi connectivity index (χ0n) is 20.4. The van der Waals surface area contributed by atoms with E-state index in [2.05, 4.69) is 21.3 Å². The lowest BCUT2D eigenvalue weighted by molar-refractivity contribution is 0.900. The summed E-state index contributed by atoms with van der Waals surface area (Å²) in [5.41, 5.74) is 14.5. The predicted octanol–water partition coefficient (Wildman–Crippen LogP) is 5.59. The molecule has 0 radical (unpaired) electrons. The fourth-order valence-electron chi connectivity index (χ4n) is 3.55. The first-order valence-corrected chi connectivity index (χ1v) is 12.4. The van der Waals surface area contributed by atoms with E-state index in [9.17, 15) is 10.1 Å². The third kappa shape index (κ3) is 5.43. The van der Waals surface area contributed by atoms with Crippen LogP contribution in [0.15, 0.2) is 52.4 Å². The summed E-state index contributed by atoms with van der Waals surface area (Å²) in [5, 5.41) is 18.8. The SMILES string of the molecule is CC.CC.CN=C(/C(=C\N)c1ccc2c(=O)[nH]nc(CN)c2c1)c1sc2ccc(Cl)cc2c1C#N. The minimum atomic E-state index is -0.297. The van der Waals surface area contributed by atoms with E-state index in [0.717, 1.165) is 15.6 Å². The number of benzene rings is 2. The van der Waals surface area contributed by atoms with Gasteiger partial charge in [0.15, 0.2) is 0 Å². The normalized spacial score (nSPS) is 11.4. The molecule has 0 atom stereocenters. The number of nitrogens with one attached hydrogen (secondary N) is 1. The molecular weight excluding hydrogens is 480 g/mol. The maximum atomic E-state index is 12.2.